The Labute approximate surface area is 121 Å². The summed E-state index contributed by atoms with van der Waals surface area (Å²) in [6, 6.07) is 11.9. The first-order valence-corrected chi connectivity index (χ1v) is 7.06. The van der Waals surface area contributed by atoms with Gasteiger partial charge in [-0.15, -0.1) is 5.10 Å². The highest BCUT2D eigenvalue weighted by Crippen LogP contribution is 2.40. The molecule has 1 saturated heterocycles. The van der Waals surface area contributed by atoms with E-state index in [1.807, 2.05) is 35.2 Å². The van der Waals surface area contributed by atoms with E-state index in [-0.39, 0.29) is 12.0 Å². The van der Waals surface area contributed by atoms with Crippen LogP contribution in [0, 0.1) is 17.2 Å². The largest absolute Gasteiger partial charge is 0.337 e. The number of nitriles is 1. The van der Waals surface area contributed by atoms with Crippen LogP contribution in [0.2, 0.25) is 0 Å². The molecule has 6 heteroatoms. The van der Waals surface area contributed by atoms with E-state index in [1.54, 1.807) is 4.68 Å². The van der Waals surface area contributed by atoms with Gasteiger partial charge in [0.25, 0.3) is 0 Å². The van der Waals surface area contributed by atoms with Gasteiger partial charge in [0.05, 0.1) is 18.0 Å². The Hall–Kier alpha value is -2.42. The lowest BCUT2D eigenvalue weighted by atomic mass is 10.0. The van der Waals surface area contributed by atoms with Crippen molar-refractivity contribution in [2.75, 3.05) is 18.0 Å². The lowest BCUT2D eigenvalue weighted by Gasteiger charge is -2.34. The molecule has 1 aromatic carbocycles. The fourth-order valence-electron chi connectivity index (χ4n) is 2.98. The molecule has 4 rings (SSSR count). The van der Waals surface area contributed by atoms with Crippen LogP contribution < -0.4 is 4.90 Å². The highest BCUT2D eigenvalue weighted by Gasteiger charge is 2.38. The SMILES string of the molecule is N#CC1CN(c2nc3n(n2)[C@H](c2ccccc2)C[C@@H]3F)C1. The third-order valence-corrected chi connectivity index (χ3v) is 4.18. The van der Waals surface area contributed by atoms with E-state index in [4.69, 9.17) is 5.26 Å². The molecule has 3 heterocycles. The number of aromatic nitrogens is 3. The van der Waals surface area contributed by atoms with Gasteiger partial charge in [0.15, 0.2) is 12.0 Å². The molecule has 21 heavy (non-hydrogen) atoms. The highest BCUT2D eigenvalue weighted by atomic mass is 19.1. The van der Waals surface area contributed by atoms with E-state index >= 15 is 0 Å². The summed E-state index contributed by atoms with van der Waals surface area (Å²) in [5, 5.41) is 13.3. The van der Waals surface area contributed by atoms with Gasteiger partial charge in [0.2, 0.25) is 5.95 Å². The molecule has 0 amide bonds. The summed E-state index contributed by atoms with van der Waals surface area (Å²) < 4.78 is 15.9. The topological polar surface area (TPSA) is 57.7 Å². The summed E-state index contributed by atoms with van der Waals surface area (Å²) in [5.41, 5.74) is 1.05. The van der Waals surface area contributed by atoms with Crippen molar-refractivity contribution < 1.29 is 4.39 Å². The number of hydrogen-bond donors (Lipinski definition) is 0. The second-order valence-electron chi connectivity index (χ2n) is 5.58. The maximum absolute atomic E-state index is 14.2. The second kappa shape index (κ2) is 4.55. The summed E-state index contributed by atoms with van der Waals surface area (Å²) >= 11 is 0. The predicted molar refractivity (Wildman–Crippen MR) is 74.4 cm³/mol. The van der Waals surface area contributed by atoms with Crippen molar-refractivity contribution in [3.05, 3.63) is 41.7 Å². The first-order valence-electron chi connectivity index (χ1n) is 7.06. The van der Waals surface area contributed by atoms with Gasteiger partial charge >= 0.3 is 0 Å². The van der Waals surface area contributed by atoms with E-state index in [1.165, 1.54) is 0 Å². The number of fused-ring (bicyclic) bond motifs is 1. The fourth-order valence-corrected chi connectivity index (χ4v) is 2.98. The maximum atomic E-state index is 14.2. The van der Waals surface area contributed by atoms with Crippen LogP contribution in [-0.2, 0) is 0 Å². The van der Waals surface area contributed by atoms with Gasteiger partial charge in [-0.2, -0.15) is 10.2 Å². The standard InChI is InChI=1S/C15H14FN5/c16-12-6-13(11-4-2-1-3-5-11)21-14(12)18-15(19-21)20-8-10(7-17)9-20/h1-5,10,12-13H,6,8-9H2/t12-,13-/m0/s1. The molecular formula is C15H14FN5. The molecule has 0 unspecified atom stereocenters. The molecule has 5 nitrogen and oxygen atoms in total. The molecule has 1 aromatic heterocycles. The number of anilines is 1. The Morgan fingerprint density at radius 3 is 2.71 bits per heavy atom. The van der Waals surface area contributed by atoms with Gasteiger partial charge in [-0.1, -0.05) is 30.3 Å². The van der Waals surface area contributed by atoms with E-state index in [9.17, 15) is 4.39 Å². The summed E-state index contributed by atoms with van der Waals surface area (Å²) in [6.07, 6.45) is -0.690. The van der Waals surface area contributed by atoms with Crippen LogP contribution in [0.25, 0.3) is 0 Å². The Kier molecular flexibility index (Phi) is 2.67. The van der Waals surface area contributed by atoms with Crippen molar-refractivity contribution in [1.82, 2.24) is 14.8 Å². The predicted octanol–water partition coefficient (Wildman–Crippen LogP) is 2.24. The number of rotatable bonds is 2. The van der Waals surface area contributed by atoms with Gasteiger partial charge < -0.3 is 4.90 Å². The van der Waals surface area contributed by atoms with E-state index in [0.29, 0.717) is 31.3 Å². The zero-order chi connectivity index (χ0) is 14.4. The van der Waals surface area contributed by atoms with E-state index in [2.05, 4.69) is 16.2 Å². The van der Waals surface area contributed by atoms with Crippen molar-refractivity contribution >= 4 is 5.95 Å². The average molecular weight is 283 g/mol. The van der Waals surface area contributed by atoms with Crippen molar-refractivity contribution in [2.45, 2.75) is 18.6 Å². The number of alkyl halides is 1. The summed E-state index contributed by atoms with van der Waals surface area (Å²) in [7, 11) is 0. The number of hydrogen-bond acceptors (Lipinski definition) is 4. The molecule has 0 saturated carbocycles. The molecule has 2 atom stereocenters. The Bertz CT molecular complexity index is 699. The maximum Gasteiger partial charge on any atom is 0.245 e. The third-order valence-electron chi connectivity index (χ3n) is 4.18. The van der Waals surface area contributed by atoms with Crippen LogP contribution in [0.3, 0.4) is 0 Å². The molecule has 1 fully saturated rings. The van der Waals surface area contributed by atoms with Crippen LogP contribution in [0.1, 0.15) is 30.0 Å². The average Bonchev–Trinajstić information content (AvgIpc) is 3.00. The lowest BCUT2D eigenvalue weighted by molar-refractivity contribution is 0.328. The monoisotopic (exact) mass is 283 g/mol. The minimum atomic E-state index is -1.08. The smallest absolute Gasteiger partial charge is 0.245 e. The van der Waals surface area contributed by atoms with Crippen LogP contribution in [-0.4, -0.2) is 27.9 Å². The van der Waals surface area contributed by atoms with Gasteiger partial charge in [-0.25, -0.2) is 9.07 Å². The summed E-state index contributed by atoms with van der Waals surface area (Å²) in [4.78, 5) is 6.26. The molecule has 0 spiro atoms. The van der Waals surface area contributed by atoms with Gasteiger partial charge in [-0.3, -0.25) is 0 Å². The molecular weight excluding hydrogens is 269 g/mol. The zero-order valence-corrected chi connectivity index (χ0v) is 11.4. The van der Waals surface area contributed by atoms with Crippen molar-refractivity contribution in [1.29, 1.82) is 5.26 Å². The lowest BCUT2D eigenvalue weighted by Crippen LogP contribution is -2.46. The first-order chi connectivity index (χ1) is 10.3. The Morgan fingerprint density at radius 1 is 1.24 bits per heavy atom. The van der Waals surface area contributed by atoms with Crippen LogP contribution in [0.5, 0.6) is 0 Å². The molecule has 0 aliphatic carbocycles. The summed E-state index contributed by atoms with van der Waals surface area (Å²) in [6.45, 7) is 1.26. The van der Waals surface area contributed by atoms with Crippen LogP contribution in [0.4, 0.5) is 10.3 Å². The van der Waals surface area contributed by atoms with E-state index in [0.717, 1.165) is 5.56 Å². The molecule has 0 N–H and O–H groups in total. The van der Waals surface area contributed by atoms with Gasteiger partial charge in [0.1, 0.15) is 0 Å². The van der Waals surface area contributed by atoms with E-state index < -0.39 is 6.17 Å². The van der Waals surface area contributed by atoms with Crippen LogP contribution >= 0.6 is 0 Å². The van der Waals surface area contributed by atoms with Gasteiger partial charge in [-0.05, 0) is 5.56 Å². The van der Waals surface area contributed by atoms with Crippen LogP contribution in [0.15, 0.2) is 30.3 Å². The number of benzene rings is 1. The Balaban J connectivity index is 1.64. The van der Waals surface area contributed by atoms with Crippen molar-refractivity contribution in [3.63, 3.8) is 0 Å². The zero-order valence-electron chi connectivity index (χ0n) is 11.4. The molecule has 2 aliphatic heterocycles. The third kappa shape index (κ3) is 1.88. The Morgan fingerprint density at radius 2 is 2.00 bits per heavy atom. The molecule has 2 aliphatic rings. The highest BCUT2D eigenvalue weighted by molar-refractivity contribution is 5.37. The molecule has 0 bridgehead atoms. The minimum absolute atomic E-state index is 0.0365. The molecule has 106 valence electrons. The fraction of sp³-hybridized carbons (Fsp3) is 0.400. The minimum Gasteiger partial charge on any atom is -0.337 e. The second-order valence-corrected chi connectivity index (χ2v) is 5.58. The molecule has 2 aromatic rings. The first kappa shape index (κ1) is 12.3. The quantitative estimate of drug-likeness (QED) is 0.848. The normalized spacial score (nSPS) is 24.5. The van der Waals surface area contributed by atoms with Crippen molar-refractivity contribution in [2.24, 2.45) is 5.92 Å². The molecule has 0 radical (unpaired) electrons. The van der Waals surface area contributed by atoms with Gasteiger partial charge in [0, 0.05) is 19.5 Å². The number of halogens is 1. The number of nitrogens with zero attached hydrogens (tertiary/aromatic N) is 5. The van der Waals surface area contributed by atoms with Crippen molar-refractivity contribution in [3.8, 4) is 6.07 Å². The summed E-state index contributed by atoms with van der Waals surface area (Å²) in [5.74, 6) is 0.980.